The van der Waals surface area contributed by atoms with E-state index < -0.39 is 5.91 Å². The SMILES string of the molecule is NC(=O)c1cccc2c1CCCN2C(=O)CCn1nnc2ccccc2c1=O. The number of hydrogen-bond donors (Lipinski definition) is 1. The molecule has 0 spiro atoms. The van der Waals surface area contributed by atoms with E-state index >= 15 is 0 Å². The largest absolute Gasteiger partial charge is 0.366 e. The number of amides is 2. The van der Waals surface area contributed by atoms with Crippen LogP contribution in [0.3, 0.4) is 0 Å². The first-order valence-corrected chi connectivity index (χ1v) is 9.11. The highest BCUT2D eigenvalue weighted by molar-refractivity contribution is 6.00. The van der Waals surface area contributed by atoms with Crippen molar-refractivity contribution in [1.29, 1.82) is 0 Å². The Hall–Kier alpha value is -3.55. The predicted molar refractivity (Wildman–Crippen MR) is 104 cm³/mol. The molecule has 0 aliphatic carbocycles. The van der Waals surface area contributed by atoms with Crippen LogP contribution in [0.2, 0.25) is 0 Å². The maximum atomic E-state index is 12.8. The van der Waals surface area contributed by atoms with E-state index in [1.54, 1.807) is 41.3 Å². The second-order valence-corrected chi connectivity index (χ2v) is 6.70. The molecule has 2 amide bonds. The van der Waals surface area contributed by atoms with Gasteiger partial charge in [-0.3, -0.25) is 14.4 Å². The second-order valence-electron chi connectivity index (χ2n) is 6.70. The number of aryl methyl sites for hydroxylation is 1. The first-order chi connectivity index (χ1) is 13.6. The molecule has 1 aliphatic heterocycles. The Morgan fingerprint density at radius 1 is 1.11 bits per heavy atom. The molecule has 1 aromatic heterocycles. The molecule has 3 aromatic rings. The van der Waals surface area contributed by atoms with Gasteiger partial charge in [-0.15, -0.1) is 5.10 Å². The van der Waals surface area contributed by atoms with E-state index in [9.17, 15) is 14.4 Å². The lowest BCUT2D eigenvalue weighted by Crippen LogP contribution is -2.37. The number of hydrogen-bond acceptors (Lipinski definition) is 5. The quantitative estimate of drug-likeness (QED) is 0.736. The molecule has 142 valence electrons. The maximum absolute atomic E-state index is 12.8. The molecule has 0 unspecified atom stereocenters. The summed E-state index contributed by atoms with van der Waals surface area (Å²) in [6.45, 7) is 0.698. The molecule has 4 rings (SSSR count). The number of nitrogens with zero attached hydrogens (tertiary/aromatic N) is 4. The van der Waals surface area contributed by atoms with Gasteiger partial charge in [-0.05, 0) is 42.7 Å². The van der Waals surface area contributed by atoms with Gasteiger partial charge in [0.15, 0.2) is 0 Å². The first-order valence-electron chi connectivity index (χ1n) is 9.11. The zero-order valence-corrected chi connectivity index (χ0v) is 15.2. The number of benzene rings is 2. The van der Waals surface area contributed by atoms with Crippen LogP contribution in [0.4, 0.5) is 5.69 Å². The second kappa shape index (κ2) is 7.22. The highest BCUT2D eigenvalue weighted by atomic mass is 16.2. The highest BCUT2D eigenvalue weighted by Crippen LogP contribution is 2.30. The van der Waals surface area contributed by atoms with Crippen molar-refractivity contribution < 1.29 is 9.59 Å². The summed E-state index contributed by atoms with van der Waals surface area (Å²) in [4.78, 5) is 38.7. The van der Waals surface area contributed by atoms with Crippen LogP contribution < -0.4 is 16.2 Å². The van der Waals surface area contributed by atoms with Crippen molar-refractivity contribution in [3.63, 3.8) is 0 Å². The van der Waals surface area contributed by atoms with E-state index in [4.69, 9.17) is 5.73 Å². The van der Waals surface area contributed by atoms with Gasteiger partial charge >= 0.3 is 0 Å². The summed E-state index contributed by atoms with van der Waals surface area (Å²) >= 11 is 0. The van der Waals surface area contributed by atoms with E-state index in [1.165, 1.54) is 4.68 Å². The Morgan fingerprint density at radius 2 is 1.93 bits per heavy atom. The number of rotatable bonds is 4. The minimum absolute atomic E-state index is 0.104. The third-order valence-electron chi connectivity index (χ3n) is 4.98. The number of fused-ring (bicyclic) bond motifs is 2. The molecule has 0 atom stereocenters. The lowest BCUT2D eigenvalue weighted by Gasteiger charge is -2.30. The molecule has 28 heavy (non-hydrogen) atoms. The Balaban J connectivity index is 1.56. The van der Waals surface area contributed by atoms with Gasteiger partial charge in [-0.1, -0.05) is 23.4 Å². The Bertz CT molecular complexity index is 1140. The summed E-state index contributed by atoms with van der Waals surface area (Å²) in [5.74, 6) is -0.631. The third-order valence-corrected chi connectivity index (χ3v) is 4.98. The highest BCUT2D eigenvalue weighted by Gasteiger charge is 2.25. The summed E-state index contributed by atoms with van der Waals surface area (Å²) in [6, 6.07) is 12.2. The fourth-order valence-corrected chi connectivity index (χ4v) is 3.62. The Morgan fingerprint density at radius 3 is 2.75 bits per heavy atom. The zero-order chi connectivity index (χ0) is 19.7. The Labute approximate surface area is 160 Å². The summed E-state index contributed by atoms with van der Waals surface area (Å²) < 4.78 is 1.21. The molecule has 2 N–H and O–H groups in total. The number of carbonyl (C=O) groups is 2. The normalized spacial score (nSPS) is 13.4. The van der Waals surface area contributed by atoms with Crippen molar-refractivity contribution in [2.75, 3.05) is 11.4 Å². The molecule has 0 saturated heterocycles. The zero-order valence-electron chi connectivity index (χ0n) is 15.2. The summed E-state index contributed by atoms with van der Waals surface area (Å²) in [7, 11) is 0. The van der Waals surface area contributed by atoms with E-state index in [0.29, 0.717) is 35.1 Å². The van der Waals surface area contributed by atoms with Gasteiger partial charge in [0, 0.05) is 24.2 Å². The predicted octanol–water partition coefficient (Wildman–Crippen LogP) is 1.26. The lowest BCUT2D eigenvalue weighted by atomic mass is 9.95. The fraction of sp³-hybridized carbons (Fsp3) is 0.250. The summed E-state index contributed by atoms with van der Waals surface area (Å²) in [5, 5.41) is 8.44. The first kappa shape index (κ1) is 17.8. The van der Waals surface area contributed by atoms with Gasteiger partial charge < -0.3 is 10.6 Å². The standard InChI is InChI=1S/C20H19N5O3/c21-19(27)14-6-3-9-17-13(14)7-4-11-24(17)18(26)10-12-25-20(28)15-5-1-2-8-16(15)22-23-25/h1-3,5-6,8-9H,4,7,10-12H2,(H2,21,27). The Kier molecular flexibility index (Phi) is 4.60. The average Bonchev–Trinajstić information content (AvgIpc) is 2.72. The van der Waals surface area contributed by atoms with Gasteiger partial charge in [0.1, 0.15) is 5.52 Å². The molecule has 1 aliphatic rings. The number of carbonyl (C=O) groups excluding carboxylic acids is 2. The number of aromatic nitrogens is 3. The lowest BCUT2D eigenvalue weighted by molar-refractivity contribution is -0.119. The average molecular weight is 377 g/mol. The van der Waals surface area contributed by atoms with Crippen LogP contribution in [0.1, 0.15) is 28.8 Å². The van der Waals surface area contributed by atoms with Gasteiger partial charge in [-0.25, -0.2) is 4.68 Å². The van der Waals surface area contributed by atoms with E-state index in [-0.39, 0.29) is 24.4 Å². The number of primary amides is 1. The number of anilines is 1. The van der Waals surface area contributed by atoms with Crippen LogP contribution in [-0.2, 0) is 17.8 Å². The van der Waals surface area contributed by atoms with E-state index in [1.807, 2.05) is 6.07 Å². The van der Waals surface area contributed by atoms with Crippen LogP contribution in [-0.4, -0.2) is 33.4 Å². The third kappa shape index (κ3) is 3.13. The van der Waals surface area contributed by atoms with Crippen LogP contribution >= 0.6 is 0 Å². The van der Waals surface area contributed by atoms with Gasteiger partial charge in [0.2, 0.25) is 11.8 Å². The van der Waals surface area contributed by atoms with Gasteiger partial charge in [0.05, 0.1) is 11.9 Å². The van der Waals surface area contributed by atoms with Crippen LogP contribution in [0.25, 0.3) is 10.9 Å². The fourth-order valence-electron chi connectivity index (χ4n) is 3.62. The van der Waals surface area contributed by atoms with Crippen LogP contribution in [0, 0.1) is 0 Å². The van der Waals surface area contributed by atoms with Gasteiger partial charge in [0.25, 0.3) is 5.56 Å². The summed E-state index contributed by atoms with van der Waals surface area (Å²) in [5.41, 5.74) is 7.68. The van der Waals surface area contributed by atoms with Crippen molar-refractivity contribution in [3.05, 3.63) is 63.9 Å². The molecule has 0 radical (unpaired) electrons. The monoisotopic (exact) mass is 377 g/mol. The van der Waals surface area contributed by atoms with Crippen LogP contribution in [0.5, 0.6) is 0 Å². The number of nitrogens with two attached hydrogens (primary N) is 1. The van der Waals surface area contributed by atoms with Crippen molar-refractivity contribution in [1.82, 2.24) is 15.0 Å². The van der Waals surface area contributed by atoms with Crippen molar-refractivity contribution in [3.8, 4) is 0 Å². The smallest absolute Gasteiger partial charge is 0.277 e. The van der Waals surface area contributed by atoms with E-state index in [2.05, 4.69) is 10.3 Å². The van der Waals surface area contributed by atoms with Crippen molar-refractivity contribution in [2.24, 2.45) is 5.73 Å². The molecule has 2 heterocycles. The molecule has 0 saturated carbocycles. The van der Waals surface area contributed by atoms with Crippen molar-refractivity contribution in [2.45, 2.75) is 25.8 Å². The molecule has 0 fully saturated rings. The maximum Gasteiger partial charge on any atom is 0.277 e. The molecule has 8 nitrogen and oxygen atoms in total. The molecule has 8 heteroatoms. The van der Waals surface area contributed by atoms with Gasteiger partial charge in [-0.2, -0.15) is 0 Å². The van der Waals surface area contributed by atoms with Crippen molar-refractivity contribution >= 4 is 28.4 Å². The van der Waals surface area contributed by atoms with Crippen LogP contribution in [0.15, 0.2) is 47.3 Å². The molecule has 0 bridgehead atoms. The minimum Gasteiger partial charge on any atom is -0.366 e. The summed E-state index contributed by atoms with van der Waals surface area (Å²) in [6.07, 6.45) is 1.56. The topological polar surface area (TPSA) is 111 Å². The van der Waals surface area contributed by atoms with E-state index in [0.717, 1.165) is 12.0 Å². The molecule has 2 aromatic carbocycles. The minimum atomic E-state index is -0.496. The molecular weight excluding hydrogens is 358 g/mol. The molecular formula is C20H19N5O3.